The van der Waals surface area contributed by atoms with Gasteiger partial charge in [-0.05, 0) is 30.2 Å². The molecule has 2 aromatic rings. The van der Waals surface area contributed by atoms with Gasteiger partial charge in [0.1, 0.15) is 0 Å². The molecular weight excluding hydrogens is 394 g/mol. The molecule has 0 saturated carbocycles. The summed E-state index contributed by atoms with van der Waals surface area (Å²) in [7, 11) is -3.28. The van der Waals surface area contributed by atoms with E-state index in [4.69, 9.17) is 14.2 Å². The van der Waals surface area contributed by atoms with E-state index in [0.717, 1.165) is 18.4 Å². The van der Waals surface area contributed by atoms with Gasteiger partial charge in [0.2, 0.25) is 11.8 Å². The number of nitrogens with zero attached hydrogens (tertiary/aromatic N) is 1. The maximum atomic E-state index is 11.7. The molecule has 0 atom stereocenters. The summed E-state index contributed by atoms with van der Waals surface area (Å²) in [6, 6.07) is 8.32. The molecule has 3 rings (SSSR count). The minimum atomic E-state index is -3.28. The van der Waals surface area contributed by atoms with Crippen LogP contribution in [-0.2, 0) is 21.2 Å². The summed E-state index contributed by atoms with van der Waals surface area (Å²) in [5.74, 6) is 1.07. The highest BCUT2D eigenvalue weighted by atomic mass is 32.2. The van der Waals surface area contributed by atoms with E-state index >= 15 is 0 Å². The molecule has 1 aliphatic rings. The van der Waals surface area contributed by atoms with Gasteiger partial charge in [-0.1, -0.05) is 25.5 Å². The molecule has 1 saturated heterocycles. The monoisotopic (exact) mass is 421 g/mol. The first-order valence-electron chi connectivity index (χ1n) is 9.71. The van der Waals surface area contributed by atoms with Crippen LogP contribution in [0.15, 0.2) is 35.2 Å². The number of aliphatic hydroxyl groups is 1. The molecule has 0 aliphatic carbocycles. The molecule has 0 unspecified atom stereocenters. The second-order valence-corrected chi connectivity index (χ2v) is 9.19. The van der Waals surface area contributed by atoms with E-state index in [-0.39, 0.29) is 11.5 Å². The summed E-state index contributed by atoms with van der Waals surface area (Å²) in [6.45, 7) is 4.14. The summed E-state index contributed by atoms with van der Waals surface area (Å²) < 4.78 is 40.4. The fourth-order valence-electron chi connectivity index (χ4n) is 2.85. The van der Waals surface area contributed by atoms with Crippen molar-refractivity contribution in [2.24, 2.45) is 5.92 Å². The van der Waals surface area contributed by atoms with E-state index < -0.39 is 9.84 Å². The van der Waals surface area contributed by atoms with Gasteiger partial charge in [-0.25, -0.2) is 8.42 Å². The summed E-state index contributed by atoms with van der Waals surface area (Å²) in [6.07, 6.45) is 3.05. The molecule has 158 valence electrons. The average molecular weight is 422 g/mol. The predicted molar refractivity (Wildman–Crippen MR) is 109 cm³/mol. The van der Waals surface area contributed by atoms with Gasteiger partial charge in [-0.15, -0.1) is 0 Å². The first-order valence-corrected chi connectivity index (χ1v) is 11.6. The van der Waals surface area contributed by atoms with E-state index in [0.29, 0.717) is 55.2 Å². The quantitative estimate of drug-likeness (QED) is 0.590. The van der Waals surface area contributed by atoms with Crippen molar-refractivity contribution in [2.75, 3.05) is 32.7 Å². The number of benzene rings is 1. The fourth-order valence-corrected chi connectivity index (χ4v) is 3.48. The minimum Gasteiger partial charge on any atom is -0.477 e. The third-order valence-electron chi connectivity index (χ3n) is 4.69. The Morgan fingerprint density at radius 3 is 2.45 bits per heavy atom. The number of unbranched alkanes of at least 4 members (excludes halogenated alkanes) is 1. The number of pyridine rings is 1. The van der Waals surface area contributed by atoms with Crippen LogP contribution < -0.4 is 9.47 Å². The van der Waals surface area contributed by atoms with Crippen LogP contribution in [0.5, 0.6) is 11.8 Å². The molecule has 8 heteroatoms. The zero-order valence-corrected chi connectivity index (χ0v) is 17.6. The van der Waals surface area contributed by atoms with E-state index in [1.165, 1.54) is 6.26 Å². The van der Waals surface area contributed by atoms with Crippen LogP contribution in [0.3, 0.4) is 0 Å². The second-order valence-electron chi connectivity index (χ2n) is 7.18. The van der Waals surface area contributed by atoms with Crippen LogP contribution in [0.4, 0.5) is 0 Å². The lowest BCUT2D eigenvalue weighted by molar-refractivity contribution is -0.0514. The molecule has 0 spiro atoms. The van der Waals surface area contributed by atoms with Crippen molar-refractivity contribution < 1.29 is 27.7 Å². The molecule has 0 radical (unpaired) electrons. The number of aliphatic hydroxyl groups excluding tert-OH is 1. The standard InChI is InChI=1S/C21H27NO6S/c1-3-4-9-27-20-17(11-23)10-19(21(22-20)28-14-15-12-26-13-15)16-5-7-18(8-6-16)29(2,24)25/h5-8,10,15,23H,3-4,9,11-14H2,1-2H3. The molecular formula is C21H27NO6S. The van der Waals surface area contributed by atoms with Crippen molar-refractivity contribution in [1.82, 2.24) is 4.98 Å². The van der Waals surface area contributed by atoms with Gasteiger partial charge in [0, 0.05) is 23.3 Å². The molecule has 29 heavy (non-hydrogen) atoms. The summed E-state index contributed by atoms with van der Waals surface area (Å²) in [4.78, 5) is 4.77. The van der Waals surface area contributed by atoms with Crippen molar-refractivity contribution >= 4 is 9.84 Å². The Morgan fingerprint density at radius 2 is 1.90 bits per heavy atom. The lowest BCUT2D eigenvalue weighted by atomic mass is 10.0. The first kappa shape index (κ1) is 21.5. The molecule has 0 bridgehead atoms. The summed E-state index contributed by atoms with van der Waals surface area (Å²) in [5.41, 5.74) is 1.99. The molecule has 7 nitrogen and oxygen atoms in total. The third-order valence-corrected chi connectivity index (χ3v) is 5.82. The molecule has 1 aromatic heterocycles. The fraction of sp³-hybridized carbons (Fsp3) is 0.476. The highest BCUT2D eigenvalue weighted by molar-refractivity contribution is 7.90. The summed E-state index contributed by atoms with van der Waals surface area (Å²) in [5, 5.41) is 9.80. The van der Waals surface area contributed by atoms with Gasteiger partial charge in [0.05, 0.1) is 37.9 Å². The van der Waals surface area contributed by atoms with Gasteiger partial charge >= 0.3 is 0 Å². The van der Waals surface area contributed by atoms with E-state index in [1.807, 2.05) is 0 Å². The van der Waals surface area contributed by atoms with Gasteiger partial charge < -0.3 is 19.3 Å². The SMILES string of the molecule is CCCCOc1nc(OCC2COC2)c(-c2ccc(S(C)(=O)=O)cc2)cc1CO. The Kier molecular flexibility index (Phi) is 7.10. The number of hydrogen-bond acceptors (Lipinski definition) is 7. The Balaban J connectivity index is 1.95. The van der Waals surface area contributed by atoms with E-state index in [1.54, 1.807) is 30.3 Å². The number of aromatic nitrogens is 1. The Bertz CT molecular complexity index is 923. The molecule has 1 N–H and O–H groups in total. The van der Waals surface area contributed by atoms with Gasteiger partial charge in [0.25, 0.3) is 0 Å². The van der Waals surface area contributed by atoms with Crippen LogP contribution in [0.1, 0.15) is 25.3 Å². The average Bonchev–Trinajstić information content (AvgIpc) is 2.66. The Morgan fingerprint density at radius 1 is 1.17 bits per heavy atom. The van der Waals surface area contributed by atoms with Crippen molar-refractivity contribution in [2.45, 2.75) is 31.3 Å². The first-order chi connectivity index (χ1) is 13.9. The minimum absolute atomic E-state index is 0.223. The van der Waals surface area contributed by atoms with Crippen LogP contribution in [0, 0.1) is 5.92 Å². The highest BCUT2D eigenvalue weighted by Crippen LogP contribution is 2.34. The van der Waals surface area contributed by atoms with E-state index in [2.05, 4.69) is 11.9 Å². The largest absolute Gasteiger partial charge is 0.477 e. The lowest BCUT2D eigenvalue weighted by Crippen LogP contribution is -2.32. The van der Waals surface area contributed by atoms with E-state index in [9.17, 15) is 13.5 Å². The van der Waals surface area contributed by atoms with Crippen molar-refractivity contribution in [3.8, 4) is 22.9 Å². The lowest BCUT2D eigenvalue weighted by Gasteiger charge is -2.26. The normalized spacial score (nSPS) is 14.4. The summed E-state index contributed by atoms with van der Waals surface area (Å²) >= 11 is 0. The zero-order chi connectivity index (χ0) is 20.9. The number of sulfone groups is 1. The molecule has 1 aromatic carbocycles. The number of rotatable bonds is 10. The molecule has 1 fully saturated rings. The van der Waals surface area contributed by atoms with Crippen LogP contribution in [0.25, 0.3) is 11.1 Å². The highest BCUT2D eigenvalue weighted by Gasteiger charge is 2.22. The van der Waals surface area contributed by atoms with Gasteiger partial charge in [-0.3, -0.25) is 0 Å². The maximum absolute atomic E-state index is 11.7. The molecule has 1 aliphatic heterocycles. The Hall–Kier alpha value is -2.16. The smallest absolute Gasteiger partial charge is 0.224 e. The topological polar surface area (TPSA) is 95.0 Å². The van der Waals surface area contributed by atoms with Crippen LogP contribution >= 0.6 is 0 Å². The Labute approximate surface area is 171 Å². The maximum Gasteiger partial charge on any atom is 0.224 e. The number of ether oxygens (including phenoxy) is 3. The van der Waals surface area contributed by atoms with Crippen LogP contribution in [0.2, 0.25) is 0 Å². The third kappa shape index (κ3) is 5.46. The van der Waals surface area contributed by atoms with Crippen molar-refractivity contribution in [3.05, 3.63) is 35.9 Å². The second kappa shape index (κ2) is 9.56. The number of hydrogen-bond donors (Lipinski definition) is 1. The van der Waals surface area contributed by atoms with Crippen LogP contribution in [-0.4, -0.2) is 51.2 Å². The van der Waals surface area contributed by atoms with Gasteiger partial charge in [0.15, 0.2) is 9.84 Å². The van der Waals surface area contributed by atoms with Gasteiger partial charge in [-0.2, -0.15) is 4.98 Å². The zero-order valence-electron chi connectivity index (χ0n) is 16.8. The molecule has 0 amide bonds. The van der Waals surface area contributed by atoms with Crippen molar-refractivity contribution in [3.63, 3.8) is 0 Å². The molecule has 2 heterocycles. The predicted octanol–water partition coefficient (Wildman–Crippen LogP) is 2.85. The van der Waals surface area contributed by atoms with Crippen molar-refractivity contribution in [1.29, 1.82) is 0 Å².